The van der Waals surface area contributed by atoms with Gasteiger partial charge < -0.3 is 96.6 Å². The lowest BCUT2D eigenvalue weighted by atomic mass is 9.76. The topological polar surface area (TPSA) is 251 Å². The van der Waals surface area contributed by atoms with Crippen molar-refractivity contribution in [2.24, 2.45) is 0 Å². The molecule has 4 aromatic carbocycles. The number of likely N-dealkylation sites (tertiary alicyclic amines) is 3. The second kappa shape index (κ2) is 53.6. The van der Waals surface area contributed by atoms with Crippen LogP contribution in [0.3, 0.4) is 0 Å². The summed E-state index contributed by atoms with van der Waals surface area (Å²) in [5.74, 6) is 1.28. The van der Waals surface area contributed by atoms with Crippen LogP contribution in [0.4, 0.5) is 0 Å². The van der Waals surface area contributed by atoms with Crippen molar-refractivity contribution in [1.82, 2.24) is 35.0 Å². The van der Waals surface area contributed by atoms with Gasteiger partial charge >= 0.3 is 49.8 Å². The van der Waals surface area contributed by atoms with Gasteiger partial charge in [-0.05, 0) is 377 Å². The number of carbonyl (C=O) groups is 3. The number of hydrogen-bond donors (Lipinski definition) is 5. The Kier molecular flexibility index (Phi) is 45.9. The fourth-order valence-corrected chi connectivity index (χ4v) is 23.8. The molecule has 2 aliphatic carbocycles. The molecule has 6 unspecified atom stereocenters. The molecule has 4 aromatic rings. The zero-order chi connectivity index (χ0) is 108. The van der Waals surface area contributed by atoms with E-state index in [1.54, 1.807) is 11.0 Å². The van der Waals surface area contributed by atoms with Crippen molar-refractivity contribution in [3.8, 4) is 0 Å². The number of hydrogen-bond acceptors (Lipinski definition) is 21. The quantitative estimate of drug-likeness (QED) is 0.0179. The van der Waals surface area contributed by atoms with Gasteiger partial charge in [-0.15, -0.1) is 18.2 Å². The van der Waals surface area contributed by atoms with Crippen LogP contribution in [0.1, 0.15) is 319 Å². The molecule has 0 saturated carbocycles. The first kappa shape index (κ1) is 125. The molecule has 0 aromatic heterocycles. The van der Waals surface area contributed by atoms with Crippen molar-refractivity contribution >= 4 is 153 Å². The van der Waals surface area contributed by atoms with E-state index in [0.29, 0.717) is 48.6 Å². The van der Waals surface area contributed by atoms with Crippen LogP contribution in [0, 0.1) is 0 Å². The summed E-state index contributed by atoms with van der Waals surface area (Å²) in [6, 6.07) is 35.1. The lowest BCUT2D eigenvalue weighted by Crippen LogP contribution is -2.49. The first-order valence-electron chi connectivity index (χ1n) is 54.1. The van der Waals surface area contributed by atoms with E-state index in [4.69, 9.17) is 67.5 Å². The number of rotatable bonds is 25. The van der Waals surface area contributed by atoms with Crippen molar-refractivity contribution in [2.45, 2.75) is 409 Å². The third-order valence-corrected chi connectivity index (χ3v) is 38.1. The maximum absolute atomic E-state index is 13.2. The zero-order valence-corrected chi connectivity index (χ0v) is 102. The van der Waals surface area contributed by atoms with Gasteiger partial charge in [0.25, 0.3) is 0 Å². The van der Waals surface area contributed by atoms with Gasteiger partial charge in [0.2, 0.25) is 17.7 Å². The number of carbonyl (C=O) groups excluding carboxylic acids is 3. The molecule has 17 rings (SSSR count). The Morgan fingerprint density at radius 1 is 0.445 bits per heavy atom. The minimum absolute atomic E-state index is 0.00837. The Balaban J connectivity index is 0.000000179. The SMILES string of the molecule is C=CCBr.CC1(C)OB(C(Cl)CCCBr)OC1(C)C.CC1(C)OB(C2CCCN2)OC1(C)C.CC1(C)OB(C2CCCN2C(=O)CBr)OC1(C)C.CC1(C)OB(C2CCCN2C(=O)CNCCC2c3ccccc3CCc3ccccc32)OC1(C)C.CC1(C)OB(C2CCCN2S(C)(C)C)OC1(C)C.CC1(C)OB(CCCBr)OC1(C)C.O=C(CNCCC1c2ccccc2CCc2ccccc21)N1CCCC1B(O)O. The van der Waals surface area contributed by atoms with Crippen LogP contribution in [0.15, 0.2) is 110 Å². The van der Waals surface area contributed by atoms with Gasteiger partial charge in [-0.25, -0.2) is 0 Å². The smallest absolute Gasteiger partial charge is 0.426 e. The molecule has 11 heterocycles. The monoisotopic (exact) mass is 2320 g/mol. The average molecular weight is 2320 g/mol. The summed E-state index contributed by atoms with van der Waals surface area (Å²) < 4.78 is 75.0. The largest absolute Gasteiger partial charge is 0.482 e. The molecular weight excluding hydrogens is 2140 g/mol. The molecule has 3 amide bonds. The third kappa shape index (κ3) is 31.9. The van der Waals surface area contributed by atoms with E-state index in [2.05, 4.69) is 317 Å². The zero-order valence-electron chi connectivity index (χ0n) is 93.6. The van der Waals surface area contributed by atoms with Crippen molar-refractivity contribution in [1.29, 1.82) is 0 Å². The van der Waals surface area contributed by atoms with E-state index >= 15 is 0 Å². The summed E-state index contributed by atoms with van der Waals surface area (Å²) >= 11 is 19.4. The Morgan fingerprint density at radius 3 is 1.12 bits per heavy atom. The number of nitrogens with one attached hydrogen (secondary N) is 3. The number of nitrogens with zero attached hydrogens (tertiary/aromatic N) is 4. The minimum atomic E-state index is -1.46. The van der Waals surface area contributed by atoms with Gasteiger partial charge in [0, 0.05) is 59.9 Å². The van der Waals surface area contributed by atoms with Crippen LogP contribution in [-0.2, 0) is 95.9 Å². The van der Waals surface area contributed by atoms with E-state index < -0.39 is 23.3 Å². The van der Waals surface area contributed by atoms with Crippen LogP contribution >= 0.6 is 85.5 Å². The van der Waals surface area contributed by atoms with E-state index in [0.717, 1.165) is 151 Å². The highest BCUT2D eigenvalue weighted by Gasteiger charge is 2.61. The second-order valence-corrected chi connectivity index (χ2v) is 55.4. The van der Waals surface area contributed by atoms with E-state index in [1.807, 2.05) is 65.2 Å². The first-order valence-corrected chi connectivity index (χ1v) is 61.8. The molecule has 11 fully saturated rings. The molecule has 146 heavy (non-hydrogen) atoms. The molecule has 0 bridgehead atoms. The molecule has 13 aliphatic rings. The molecule has 6 atom stereocenters. The Morgan fingerprint density at radius 2 is 0.767 bits per heavy atom. The summed E-state index contributed by atoms with van der Waals surface area (Å²) in [6.07, 6.45) is 29.3. The van der Waals surface area contributed by atoms with Gasteiger partial charge in [0.05, 0.1) is 115 Å². The fraction of sp³-hybridized carbons (Fsp3) is 0.734. The third-order valence-electron chi connectivity index (χ3n) is 33.7. The standard InChI is InChI=1S/C29H39BN2O3.C23H29BN2O3.C13H28BNO2S.C12H21BBrNO3.C10H19BBrClO2.C10H20BNO2.C9H18BBrO2.C3H5Br/c1-28(2)29(3,4)35-30(34-28)26-14-9-19-32(26)27(33)20-31-18-17-25-23-12-7-5-10-21(23)15-16-22-11-6-8-13-24(22)25;27-23(26-15-5-10-22(26)24(28)29)16-25-14-13-21-19-8-3-1-6-17(19)11-12-18-7-2-4-9-20(18)21;1-12(2)13(3,4)17-14(16-12)11-9-8-10-15(11)18(5,6)7;1-11(2)12(3,4)18-13(17-11)9-6-5-7-15(9)10(16)8-14;1-9(2)10(3,4)15-11(14-9)8(13)6-5-7-12;1-9(2)10(3,4)14-11(13-9)8-6-5-7-12-8;1-8(2)9(3,4)13-10(12-8)6-5-7-11;1-2-3-4/h5-8,10-13,25-26,31H,9,14-20H2,1-4H3;1-4,6-9,21-22,25,28-29H,5,10-16H2;11H,8-10H2,1-7H3;9H,5-8H2,1-4H3;8H,5-7H2,1-4H3;8,12H,5-7H2,1-4H3;5-7H2,1-4H3;2H,1,3H2. The molecule has 24 nitrogen and oxygen atoms in total. The maximum atomic E-state index is 13.2. The predicted molar refractivity (Wildman–Crippen MR) is 620 cm³/mol. The number of amides is 3. The van der Waals surface area contributed by atoms with E-state index in [-0.39, 0.29) is 151 Å². The fourth-order valence-electron chi connectivity index (χ4n) is 20.9. The normalized spacial score (nSPS) is 25.5. The van der Waals surface area contributed by atoms with Crippen LogP contribution in [0.25, 0.3) is 0 Å². The Hall–Kier alpha value is -2.68. The highest BCUT2D eigenvalue weighted by atomic mass is 79.9. The molecule has 11 aliphatic heterocycles. The number of fused-ring (bicyclic) bond motifs is 4. The van der Waals surface area contributed by atoms with Crippen molar-refractivity contribution in [2.75, 3.05) is 99.0 Å². The molecule has 37 heteroatoms. The van der Waals surface area contributed by atoms with Crippen LogP contribution in [0.5, 0.6) is 0 Å². The number of alkyl halides is 5. The summed E-state index contributed by atoms with van der Waals surface area (Å²) in [4.78, 5) is 43.0. The van der Waals surface area contributed by atoms with Crippen LogP contribution in [0.2, 0.25) is 6.32 Å². The van der Waals surface area contributed by atoms with Crippen LogP contribution < -0.4 is 16.0 Å². The average Bonchev–Trinajstić information content (AvgIpc) is 1.61. The lowest BCUT2D eigenvalue weighted by molar-refractivity contribution is -0.131. The van der Waals surface area contributed by atoms with Gasteiger partial charge in [0.15, 0.2) is 0 Å². The van der Waals surface area contributed by atoms with Gasteiger partial charge in [-0.1, -0.05) is 167 Å². The minimum Gasteiger partial charge on any atom is -0.426 e. The van der Waals surface area contributed by atoms with E-state index in [1.165, 1.54) is 70.3 Å². The van der Waals surface area contributed by atoms with Gasteiger partial charge in [-0.2, -0.15) is 10.2 Å². The number of halogens is 5. The molecule has 0 radical (unpaired) electrons. The van der Waals surface area contributed by atoms with Crippen molar-refractivity contribution in [3.63, 3.8) is 0 Å². The highest BCUT2D eigenvalue weighted by Crippen LogP contribution is 2.51. The highest BCUT2D eigenvalue weighted by molar-refractivity contribution is 9.09. The molecule has 11 saturated heterocycles. The maximum Gasteiger partial charge on any atom is 0.482 e. The number of aryl methyl sites for hydroxylation is 4. The summed E-state index contributed by atoms with van der Waals surface area (Å²) in [6.45, 7) is 59.9. The number of allylic oxidation sites excluding steroid dienone is 1. The summed E-state index contributed by atoms with van der Waals surface area (Å²) in [7, 11) is -3.25. The summed E-state index contributed by atoms with van der Waals surface area (Å²) in [5.41, 5.74) is 8.28. The number of benzene rings is 4. The summed E-state index contributed by atoms with van der Waals surface area (Å²) in [5, 5.41) is 32.3. The Labute approximate surface area is 922 Å². The Bertz CT molecular complexity index is 4620. The van der Waals surface area contributed by atoms with Gasteiger partial charge in [-0.3, -0.25) is 18.7 Å². The second-order valence-electron chi connectivity index (χ2n) is 48.0. The molecule has 5 N–H and O–H groups in total. The van der Waals surface area contributed by atoms with Crippen molar-refractivity contribution in [3.05, 3.63) is 154 Å². The first-order chi connectivity index (χ1) is 68.3. The van der Waals surface area contributed by atoms with Crippen molar-refractivity contribution < 1.29 is 80.3 Å². The predicted octanol–water partition coefficient (Wildman–Crippen LogP) is 20.3. The molecule has 0 spiro atoms. The van der Waals surface area contributed by atoms with Crippen LogP contribution in [-0.4, -0.2) is 298 Å². The van der Waals surface area contributed by atoms with Gasteiger partial charge in [0.1, 0.15) is 0 Å². The molecule has 814 valence electrons. The van der Waals surface area contributed by atoms with E-state index in [9.17, 15) is 24.4 Å². The lowest BCUT2D eigenvalue weighted by Gasteiger charge is -2.41. The molecular formula is C109H179B7Br4ClN7O17S.